The van der Waals surface area contributed by atoms with Crippen LogP contribution in [0, 0.1) is 0 Å². The molecule has 0 aliphatic carbocycles. The van der Waals surface area contributed by atoms with Crippen molar-refractivity contribution in [3.05, 3.63) is 53.6 Å². The van der Waals surface area contributed by atoms with Crippen LogP contribution in [0.1, 0.15) is 18.1 Å². The second-order valence-electron chi connectivity index (χ2n) is 4.14. The van der Waals surface area contributed by atoms with Crippen LogP contribution in [0.3, 0.4) is 0 Å². The summed E-state index contributed by atoms with van der Waals surface area (Å²) in [5.41, 5.74) is 2.96. The minimum Gasteiger partial charge on any atom is -0.507 e. The van der Waals surface area contributed by atoms with Gasteiger partial charge >= 0.3 is 0 Å². The van der Waals surface area contributed by atoms with Gasteiger partial charge in [-0.2, -0.15) is 0 Å². The number of hydrogen-bond acceptors (Lipinski definition) is 3. The number of aryl methyl sites for hydroxylation is 1. The van der Waals surface area contributed by atoms with E-state index in [-0.39, 0.29) is 5.75 Å². The first kappa shape index (κ1) is 13.7. The number of benzene rings is 2. The van der Waals surface area contributed by atoms with Gasteiger partial charge in [-0.05, 0) is 36.4 Å². The predicted molar refractivity (Wildman–Crippen MR) is 83.0 cm³/mol. The van der Waals surface area contributed by atoms with Gasteiger partial charge in [0.05, 0.1) is 5.69 Å². The topological polar surface area (TPSA) is 32.6 Å². The van der Waals surface area contributed by atoms with Crippen molar-refractivity contribution in [3.8, 4) is 5.75 Å². The average molecular weight is 271 g/mol. The van der Waals surface area contributed by atoms with Crippen molar-refractivity contribution in [3.63, 3.8) is 0 Å². The molecule has 0 bridgehead atoms. The van der Waals surface area contributed by atoms with Crippen molar-refractivity contribution >= 4 is 23.7 Å². The maximum atomic E-state index is 9.75. The fourth-order valence-electron chi connectivity index (χ4n) is 1.90. The lowest BCUT2D eigenvalue weighted by Gasteiger charge is -2.07. The van der Waals surface area contributed by atoms with Crippen LogP contribution in [-0.4, -0.2) is 17.6 Å². The van der Waals surface area contributed by atoms with E-state index in [0.29, 0.717) is 0 Å². The number of thioether (sulfide) groups is 1. The van der Waals surface area contributed by atoms with E-state index in [2.05, 4.69) is 30.1 Å². The largest absolute Gasteiger partial charge is 0.507 e. The molecule has 2 rings (SSSR count). The van der Waals surface area contributed by atoms with Crippen molar-refractivity contribution in [2.75, 3.05) is 6.26 Å². The first-order chi connectivity index (χ1) is 9.26. The fraction of sp³-hybridized carbons (Fsp3) is 0.188. The zero-order valence-corrected chi connectivity index (χ0v) is 11.9. The first-order valence-electron chi connectivity index (χ1n) is 6.24. The van der Waals surface area contributed by atoms with Gasteiger partial charge in [0.25, 0.3) is 0 Å². The number of aliphatic imine (C=N–C) groups is 1. The summed E-state index contributed by atoms with van der Waals surface area (Å²) in [5, 5.41) is 9.75. The van der Waals surface area contributed by atoms with E-state index in [1.54, 1.807) is 30.1 Å². The third-order valence-corrected chi connectivity index (χ3v) is 3.72. The standard InChI is InChI=1S/C16H17NOS/c1-3-12-8-6-10-15(19-2)16(12)17-11-13-7-4-5-9-14(13)18/h4-11,18H,3H2,1-2H3. The third-order valence-electron chi connectivity index (χ3n) is 2.95. The number of para-hydroxylation sites is 2. The van der Waals surface area contributed by atoms with E-state index in [1.807, 2.05) is 18.4 Å². The first-order valence-corrected chi connectivity index (χ1v) is 7.46. The molecular weight excluding hydrogens is 254 g/mol. The highest BCUT2D eigenvalue weighted by molar-refractivity contribution is 7.98. The van der Waals surface area contributed by atoms with Crippen molar-refractivity contribution in [2.24, 2.45) is 4.99 Å². The summed E-state index contributed by atoms with van der Waals surface area (Å²) in [6.45, 7) is 2.12. The number of aromatic hydroxyl groups is 1. The zero-order chi connectivity index (χ0) is 13.7. The Bertz CT molecular complexity index is 571. The summed E-state index contributed by atoms with van der Waals surface area (Å²) < 4.78 is 0. The summed E-state index contributed by atoms with van der Waals surface area (Å²) in [6, 6.07) is 13.4. The number of phenolic OH excluding ortho intramolecular Hbond substituents is 1. The predicted octanol–water partition coefficient (Wildman–Crippen LogP) is 4.43. The Kier molecular flexibility index (Phi) is 4.63. The molecule has 19 heavy (non-hydrogen) atoms. The molecule has 0 aromatic heterocycles. The third kappa shape index (κ3) is 3.18. The molecule has 0 heterocycles. The molecule has 3 heteroatoms. The molecule has 1 N–H and O–H groups in total. The lowest BCUT2D eigenvalue weighted by Crippen LogP contribution is -1.86. The Labute approximate surface area is 118 Å². The van der Waals surface area contributed by atoms with E-state index in [4.69, 9.17) is 0 Å². The Morgan fingerprint density at radius 1 is 1.16 bits per heavy atom. The molecule has 0 amide bonds. The van der Waals surface area contributed by atoms with Gasteiger partial charge in [0, 0.05) is 16.7 Å². The van der Waals surface area contributed by atoms with Gasteiger partial charge in [-0.15, -0.1) is 11.8 Å². The highest BCUT2D eigenvalue weighted by atomic mass is 32.2. The van der Waals surface area contributed by atoms with Gasteiger partial charge in [-0.25, -0.2) is 0 Å². The summed E-state index contributed by atoms with van der Waals surface area (Å²) in [5.74, 6) is 0.255. The normalized spacial score (nSPS) is 11.1. The van der Waals surface area contributed by atoms with Crippen LogP contribution in [0.25, 0.3) is 0 Å². The molecule has 0 saturated carbocycles. The van der Waals surface area contributed by atoms with Gasteiger partial charge in [-0.3, -0.25) is 4.99 Å². The van der Waals surface area contributed by atoms with Gasteiger partial charge < -0.3 is 5.11 Å². The van der Waals surface area contributed by atoms with E-state index in [9.17, 15) is 5.11 Å². The minimum atomic E-state index is 0.255. The Hall–Kier alpha value is -1.74. The Morgan fingerprint density at radius 3 is 2.63 bits per heavy atom. The highest BCUT2D eigenvalue weighted by Crippen LogP contribution is 2.32. The number of nitrogens with zero attached hydrogens (tertiary/aromatic N) is 1. The lowest BCUT2D eigenvalue weighted by atomic mass is 10.1. The van der Waals surface area contributed by atoms with Gasteiger partial charge in [0.15, 0.2) is 0 Å². The summed E-state index contributed by atoms with van der Waals surface area (Å²) in [7, 11) is 0. The van der Waals surface area contributed by atoms with Gasteiger partial charge in [0.1, 0.15) is 5.75 Å². The second kappa shape index (κ2) is 6.43. The molecule has 0 unspecified atom stereocenters. The molecule has 0 fully saturated rings. The molecule has 0 spiro atoms. The molecule has 98 valence electrons. The van der Waals surface area contributed by atoms with Crippen LogP contribution < -0.4 is 0 Å². The summed E-state index contributed by atoms with van der Waals surface area (Å²) >= 11 is 1.69. The zero-order valence-electron chi connectivity index (χ0n) is 11.1. The molecule has 0 radical (unpaired) electrons. The SMILES string of the molecule is CCc1cccc(SC)c1N=Cc1ccccc1O. The minimum absolute atomic E-state index is 0.255. The monoisotopic (exact) mass is 271 g/mol. The van der Waals surface area contributed by atoms with Crippen LogP contribution in [0.2, 0.25) is 0 Å². The molecule has 0 saturated heterocycles. The van der Waals surface area contributed by atoms with Gasteiger partial charge in [-0.1, -0.05) is 31.2 Å². The molecular formula is C16H17NOS. The Morgan fingerprint density at radius 2 is 1.95 bits per heavy atom. The van der Waals surface area contributed by atoms with E-state index >= 15 is 0 Å². The smallest absolute Gasteiger partial charge is 0.124 e. The lowest BCUT2D eigenvalue weighted by molar-refractivity contribution is 0.474. The van der Waals surface area contributed by atoms with Gasteiger partial charge in [0.2, 0.25) is 0 Å². The molecule has 0 aliphatic heterocycles. The molecule has 2 aromatic carbocycles. The molecule has 0 aliphatic rings. The van der Waals surface area contributed by atoms with Crippen LogP contribution in [0.15, 0.2) is 52.4 Å². The van der Waals surface area contributed by atoms with Crippen LogP contribution >= 0.6 is 11.8 Å². The number of hydrogen-bond donors (Lipinski definition) is 1. The quantitative estimate of drug-likeness (QED) is 0.659. The fourth-order valence-corrected chi connectivity index (χ4v) is 2.49. The summed E-state index contributed by atoms with van der Waals surface area (Å²) in [4.78, 5) is 5.73. The maximum absolute atomic E-state index is 9.75. The molecule has 2 nitrogen and oxygen atoms in total. The molecule has 0 atom stereocenters. The van der Waals surface area contributed by atoms with E-state index in [1.165, 1.54) is 5.56 Å². The Balaban J connectivity index is 2.40. The van der Waals surface area contributed by atoms with Crippen LogP contribution in [-0.2, 0) is 6.42 Å². The molecule has 2 aromatic rings. The van der Waals surface area contributed by atoms with Crippen LogP contribution in [0.5, 0.6) is 5.75 Å². The maximum Gasteiger partial charge on any atom is 0.124 e. The highest BCUT2D eigenvalue weighted by Gasteiger charge is 2.05. The van der Waals surface area contributed by atoms with Crippen molar-refractivity contribution in [1.82, 2.24) is 0 Å². The van der Waals surface area contributed by atoms with Crippen molar-refractivity contribution in [2.45, 2.75) is 18.2 Å². The van der Waals surface area contributed by atoms with E-state index < -0.39 is 0 Å². The average Bonchev–Trinajstić information content (AvgIpc) is 2.46. The van der Waals surface area contributed by atoms with Crippen molar-refractivity contribution < 1.29 is 5.11 Å². The van der Waals surface area contributed by atoms with Crippen molar-refractivity contribution in [1.29, 1.82) is 0 Å². The second-order valence-corrected chi connectivity index (χ2v) is 4.99. The summed E-state index contributed by atoms with van der Waals surface area (Å²) in [6.07, 6.45) is 4.72. The van der Waals surface area contributed by atoms with E-state index in [0.717, 1.165) is 22.6 Å². The van der Waals surface area contributed by atoms with Crippen LogP contribution in [0.4, 0.5) is 5.69 Å². The number of rotatable bonds is 4. The number of phenols is 1.